The van der Waals surface area contributed by atoms with E-state index >= 15 is 0 Å². The first-order valence-corrected chi connectivity index (χ1v) is 7.65. The molecule has 0 aliphatic carbocycles. The second-order valence-corrected chi connectivity index (χ2v) is 5.81. The predicted octanol–water partition coefficient (Wildman–Crippen LogP) is 1.63. The number of nitrogens with zero attached hydrogens (tertiary/aromatic N) is 1. The summed E-state index contributed by atoms with van der Waals surface area (Å²) in [4.78, 5) is 24.8. The van der Waals surface area contributed by atoms with Gasteiger partial charge < -0.3 is 15.3 Å². The lowest BCUT2D eigenvalue weighted by Gasteiger charge is -2.37. The number of urea groups is 1. The zero-order chi connectivity index (χ0) is 13.7. The van der Waals surface area contributed by atoms with Gasteiger partial charge in [-0.1, -0.05) is 6.92 Å². The fourth-order valence-electron chi connectivity index (χ4n) is 2.38. The average molecular weight is 274 g/mol. The monoisotopic (exact) mass is 274 g/mol. The van der Waals surface area contributed by atoms with Crippen LogP contribution >= 0.6 is 11.8 Å². The van der Waals surface area contributed by atoms with Gasteiger partial charge in [0.25, 0.3) is 0 Å². The molecule has 0 aromatic rings. The Labute approximate surface area is 112 Å². The zero-order valence-corrected chi connectivity index (χ0v) is 12.0. The molecule has 6 heteroatoms. The van der Waals surface area contributed by atoms with E-state index in [4.69, 9.17) is 0 Å². The number of carboxylic acid groups (broad SMARTS) is 1. The first-order chi connectivity index (χ1) is 8.47. The van der Waals surface area contributed by atoms with Crippen molar-refractivity contribution in [3.05, 3.63) is 0 Å². The van der Waals surface area contributed by atoms with Crippen LogP contribution in [0.4, 0.5) is 4.79 Å². The van der Waals surface area contributed by atoms with Crippen molar-refractivity contribution in [1.82, 2.24) is 10.2 Å². The van der Waals surface area contributed by atoms with Gasteiger partial charge in [0.1, 0.15) is 6.04 Å². The number of carbonyl (C=O) groups is 2. The molecule has 0 spiro atoms. The van der Waals surface area contributed by atoms with Crippen molar-refractivity contribution < 1.29 is 14.7 Å². The van der Waals surface area contributed by atoms with Gasteiger partial charge in [-0.05, 0) is 31.9 Å². The predicted molar refractivity (Wildman–Crippen MR) is 72.9 cm³/mol. The van der Waals surface area contributed by atoms with E-state index in [0.717, 1.165) is 18.6 Å². The van der Waals surface area contributed by atoms with Gasteiger partial charge in [0, 0.05) is 18.3 Å². The lowest BCUT2D eigenvalue weighted by molar-refractivity contribution is -0.145. The molecule has 1 fully saturated rings. The summed E-state index contributed by atoms with van der Waals surface area (Å²) in [5.74, 6) is -0.0694. The summed E-state index contributed by atoms with van der Waals surface area (Å²) < 4.78 is 0. The number of nitrogens with one attached hydrogen (secondary N) is 1. The van der Waals surface area contributed by atoms with Crippen LogP contribution in [-0.4, -0.2) is 52.6 Å². The van der Waals surface area contributed by atoms with Crippen molar-refractivity contribution in [2.45, 2.75) is 38.8 Å². The van der Waals surface area contributed by atoms with Crippen LogP contribution in [0.5, 0.6) is 0 Å². The number of rotatable bonds is 4. The summed E-state index contributed by atoms with van der Waals surface area (Å²) in [6.45, 7) is 4.35. The molecule has 0 radical (unpaired) electrons. The SMILES string of the molecule is CSCC(C)NC(=O)N1CCCC(C)C1C(=O)O. The number of carbonyl (C=O) groups excluding carboxylic acids is 1. The molecule has 18 heavy (non-hydrogen) atoms. The van der Waals surface area contributed by atoms with Crippen molar-refractivity contribution in [3.8, 4) is 0 Å². The molecule has 3 unspecified atom stereocenters. The Hall–Kier alpha value is -0.910. The van der Waals surface area contributed by atoms with Gasteiger partial charge in [0.2, 0.25) is 0 Å². The lowest BCUT2D eigenvalue weighted by Crippen LogP contribution is -2.56. The highest BCUT2D eigenvalue weighted by atomic mass is 32.2. The summed E-state index contributed by atoms with van der Waals surface area (Å²) in [6, 6.07) is -0.894. The van der Waals surface area contributed by atoms with E-state index in [0.29, 0.717) is 6.54 Å². The van der Waals surface area contributed by atoms with Crippen molar-refractivity contribution in [2.75, 3.05) is 18.6 Å². The van der Waals surface area contributed by atoms with Gasteiger partial charge in [0.05, 0.1) is 0 Å². The summed E-state index contributed by atoms with van der Waals surface area (Å²) in [5.41, 5.74) is 0. The van der Waals surface area contributed by atoms with Crippen molar-refractivity contribution in [1.29, 1.82) is 0 Å². The third-order valence-electron chi connectivity index (χ3n) is 3.23. The molecule has 3 atom stereocenters. The Morgan fingerprint density at radius 2 is 2.22 bits per heavy atom. The maximum Gasteiger partial charge on any atom is 0.326 e. The number of amides is 2. The number of hydrogen-bond acceptors (Lipinski definition) is 3. The smallest absolute Gasteiger partial charge is 0.326 e. The highest BCUT2D eigenvalue weighted by Gasteiger charge is 2.37. The second-order valence-electron chi connectivity index (χ2n) is 4.90. The Morgan fingerprint density at radius 3 is 2.78 bits per heavy atom. The van der Waals surface area contributed by atoms with Crippen molar-refractivity contribution >= 4 is 23.8 Å². The Morgan fingerprint density at radius 1 is 1.56 bits per heavy atom. The summed E-state index contributed by atoms with van der Waals surface area (Å²) in [5, 5.41) is 12.1. The maximum atomic E-state index is 12.1. The van der Waals surface area contributed by atoms with Crippen LogP contribution in [0.3, 0.4) is 0 Å². The van der Waals surface area contributed by atoms with Crippen LogP contribution < -0.4 is 5.32 Å². The highest BCUT2D eigenvalue weighted by Crippen LogP contribution is 2.23. The summed E-state index contributed by atoms with van der Waals surface area (Å²) in [6.07, 6.45) is 3.71. The molecule has 104 valence electrons. The summed E-state index contributed by atoms with van der Waals surface area (Å²) >= 11 is 1.66. The van der Waals surface area contributed by atoms with Gasteiger partial charge >= 0.3 is 12.0 Å². The number of carboxylic acids is 1. The third kappa shape index (κ3) is 3.80. The van der Waals surface area contributed by atoms with Gasteiger partial charge in [-0.2, -0.15) is 11.8 Å². The minimum atomic E-state index is -0.908. The molecule has 1 saturated heterocycles. The fourth-order valence-corrected chi connectivity index (χ4v) is 2.96. The van der Waals surface area contributed by atoms with E-state index in [-0.39, 0.29) is 18.0 Å². The topological polar surface area (TPSA) is 69.6 Å². The lowest BCUT2D eigenvalue weighted by atomic mass is 9.91. The zero-order valence-electron chi connectivity index (χ0n) is 11.2. The maximum absolute atomic E-state index is 12.1. The molecular formula is C12H22N2O3S. The molecule has 0 saturated carbocycles. The largest absolute Gasteiger partial charge is 0.480 e. The molecule has 0 aromatic carbocycles. The molecule has 1 aliphatic heterocycles. The summed E-state index contributed by atoms with van der Waals surface area (Å²) in [7, 11) is 0. The molecule has 2 amide bonds. The van der Waals surface area contributed by atoms with Crippen molar-refractivity contribution in [2.24, 2.45) is 5.92 Å². The number of thioether (sulfide) groups is 1. The first-order valence-electron chi connectivity index (χ1n) is 6.26. The number of hydrogen-bond donors (Lipinski definition) is 2. The molecule has 1 heterocycles. The van der Waals surface area contributed by atoms with E-state index in [1.165, 1.54) is 4.90 Å². The van der Waals surface area contributed by atoms with E-state index in [1.54, 1.807) is 11.8 Å². The quantitative estimate of drug-likeness (QED) is 0.817. The Kier molecular flexibility index (Phi) is 5.78. The first kappa shape index (κ1) is 15.1. The van der Waals surface area contributed by atoms with Crippen LogP contribution in [0.2, 0.25) is 0 Å². The number of piperidine rings is 1. The Bertz CT molecular complexity index is 312. The van der Waals surface area contributed by atoms with Crippen LogP contribution in [-0.2, 0) is 4.79 Å². The van der Waals surface area contributed by atoms with Crippen LogP contribution in [0.1, 0.15) is 26.7 Å². The highest BCUT2D eigenvalue weighted by molar-refractivity contribution is 7.98. The van der Waals surface area contributed by atoms with E-state index < -0.39 is 12.0 Å². The van der Waals surface area contributed by atoms with Crippen LogP contribution in [0.25, 0.3) is 0 Å². The minimum Gasteiger partial charge on any atom is -0.480 e. The van der Waals surface area contributed by atoms with Gasteiger partial charge in [0.15, 0.2) is 0 Å². The van der Waals surface area contributed by atoms with Crippen molar-refractivity contribution in [3.63, 3.8) is 0 Å². The molecule has 2 N–H and O–H groups in total. The van der Waals surface area contributed by atoms with E-state index in [2.05, 4.69) is 5.32 Å². The number of aliphatic carboxylic acids is 1. The fraction of sp³-hybridized carbons (Fsp3) is 0.833. The molecule has 0 aromatic heterocycles. The standard InChI is InChI=1S/C12H22N2O3S/c1-8-5-4-6-14(10(8)11(15)16)12(17)13-9(2)7-18-3/h8-10H,4-7H2,1-3H3,(H,13,17)(H,15,16). The van der Waals surface area contributed by atoms with Gasteiger partial charge in [-0.25, -0.2) is 9.59 Å². The molecule has 1 aliphatic rings. The molecule has 5 nitrogen and oxygen atoms in total. The van der Waals surface area contributed by atoms with Gasteiger partial charge in [-0.15, -0.1) is 0 Å². The van der Waals surface area contributed by atoms with E-state index in [9.17, 15) is 14.7 Å². The molecule has 1 rings (SSSR count). The van der Waals surface area contributed by atoms with Gasteiger partial charge in [-0.3, -0.25) is 0 Å². The third-order valence-corrected chi connectivity index (χ3v) is 4.07. The minimum absolute atomic E-state index is 0.0119. The Balaban J connectivity index is 2.66. The molecular weight excluding hydrogens is 252 g/mol. The van der Waals surface area contributed by atoms with Crippen LogP contribution in [0.15, 0.2) is 0 Å². The number of likely N-dealkylation sites (tertiary alicyclic amines) is 1. The average Bonchev–Trinajstić information content (AvgIpc) is 2.28. The second kappa shape index (κ2) is 6.87. The molecule has 0 bridgehead atoms. The van der Waals surface area contributed by atoms with Crippen LogP contribution in [0, 0.1) is 5.92 Å². The van der Waals surface area contributed by atoms with E-state index in [1.807, 2.05) is 20.1 Å². The normalized spacial score (nSPS) is 25.6.